The van der Waals surface area contributed by atoms with Crippen molar-refractivity contribution >= 4 is 0 Å². The third-order valence-electron chi connectivity index (χ3n) is 2.90. The molecule has 0 bridgehead atoms. The van der Waals surface area contributed by atoms with Crippen molar-refractivity contribution in [2.24, 2.45) is 0 Å². The Labute approximate surface area is 108 Å². The first-order valence-corrected chi connectivity index (χ1v) is 6.03. The van der Waals surface area contributed by atoms with E-state index >= 15 is 0 Å². The van der Waals surface area contributed by atoms with Crippen LogP contribution in [-0.4, -0.2) is 33.0 Å². The van der Waals surface area contributed by atoms with E-state index in [1.54, 1.807) is 21.3 Å². The van der Waals surface area contributed by atoms with Gasteiger partial charge in [-0.05, 0) is 18.4 Å². The molecule has 0 aliphatic heterocycles. The Bertz CT molecular complexity index is 399. The molecule has 0 fully saturated rings. The summed E-state index contributed by atoms with van der Waals surface area (Å²) in [6, 6.07) is 1.86. The van der Waals surface area contributed by atoms with Gasteiger partial charge in [-0.3, -0.25) is 0 Å². The van der Waals surface area contributed by atoms with E-state index in [0.717, 1.165) is 16.9 Å². The molecule has 4 nitrogen and oxygen atoms in total. The van der Waals surface area contributed by atoms with E-state index in [1.165, 1.54) is 0 Å². The normalized spacial score (nSPS) is 10.6. The quantitative estimate of drug-likeness (QED) is 0.846. The highest BCUT2D eigenvalue weighted by Gasteiger charge is 2.22. The molecule has 18 heavy (non-hydrogen) atoms. The van der Waals surface area contributed by atoms with Gasteiger partial charge in [0.05, 0.1) is 21.3 Å². The summed E-state index contributed by atoms with van der Waals surface area (Å²) < 4.78 is 16.3. The molecule has 0 saturated heterocycles. The van der Waals surface area contributed by atoms with Crippen LogP contribution in [0.5, 0.6) is 17.2 Å². The summed E-state index contributed by atoms with van der Waals surface area (Å²) in [7, 11) is 4.86. The van der Waals surface area contributed by atoms with Crippen LogP contribution in [0, 0.1) is 0 Å². The van der Waals surface area contributed by atoms with Crippen LogP contribution in [0.15, 0.2) is 6.07 Å². The number of methoxy groups -OCH3 is 3. The Kier molecular flexibility index (Phi) is 5.28. The predicted molar refractivity (Wildman–Crippen MR) is 71.0 cm³/mol. The highest BCUT2D eigenvalue weighted by molar-refractivity contribution is 5.59. The van der Waals surface area contributed by atoms with E-state index in [9.17, 15) is 0 Å². The maximum absolute atomic E-state index is 9.13. The molecule has 102 valence electrons. The van der Waals surface area contributed by atoms with Gasteiger partial charge in [0.1, 0.15) is 5.75 Å². The molecule has 1 aromatic carbocycles. The first-order valence-electron chi connectivity index (χ1n) is 6.03. The molecule has 0 aromatic heterocycles. The van der Waals surface area contributed by atoms with Crippen LogP contribution in [0.1, 0.15) is 30.9 Å². The second-order valence-corrected chi connectivity index (χ2v) is 4.35. The Balaban J connectivity index is 3.53. The molecular weight excluding hydrogens is 232 g/mol. The number of benzene rings is 1. The minimum absolute atomic E-state index is 0.0728. The summed E-state index contributed by atoms with van der Waals surface area (Å²) in [6.45, 7) is 4.22. The number of aliphatic hydroxyl groups is 1. The van der Waals surface area contributed by atoms with E-state index in [4.69, 9.17) is 19.3 Å². The molecule has 1 rings (SSSR count). The second kappa shape index (κ2) is 6.50. The summed E-state index contributed by atoms with van der Waals surface area (Å²) in [6.07, 6.45) is 0.531. The maximum Gasteiger partial charge on any atom is 0.167 e. The molecule has 0 aliphatic rings. The Hall–Kier alpha value is -1.42. The van der Waals surface area contributed by atoms with Crippen molar-refractivity contribution in [1.82, 2.24) is 0 Å². The molecule has 0 saturated carbocycles. The van der Waals surface area contributed by atoms with Crippen molar-refractivity contribution in [3.8, 4) is 17.2 Å². The largest absolute Gasteiger partial charge is 0.496 e. The molecule has 0 aliphatic carbocycles. The Morgan fingerprint density at radius 2 is 1.67 bits per heavy atom. The van der Waals surface area contributed by atoms with Crippen molar-refractivity contribution in [3.05, 3.63) is 17.2 Å². The monoisotopic (exact) mass is 254 g/mol. The zero-order valence-electron chi connectivity index (χ0n) is 11.7. The summed E-state index contributed by atoms with van der Waals surface area (Å²) in [4.78, 5) is 0. The fraction of sp³-hybridized carbons (Fsp3) is 0.571. The van der Waals surface area contributed by atoms with Crippen LogP contribution in [0.4, 0.5) is 0 Å². The highest BCUT2D eigenvalue weighted by atomic mass is 16.5. The lowest BCUT2D eigenvalue weighted by Gasteiger charge is -2.21. The number of rotatable bonds is 6. The molecule has 1 N–H and O–H groups in total. The molecular formula is C14H22O4. The van der Waals surface area contributed by atoms with Crippen LogP contribution in [0.2, 0.25) is 0 Å². The van der Waals surface area contributed by atoms with Gasteiger partial charge in [0.25, 0.3) is 0 Å². The Morgan fingerprint density at radius 3 is 2.06 bits per heavy atom. The van der Waals surface area contributed by atoms with E-state index < -0.39 is 0 Å². The van der Waals surface area contributed by atoms with Crippen molar-refractivity contribution in [3.63, 3.8) is 0 Å². The molecule has 0 unspecified atom stereocenters. The van der Waals surface area contributed by atoms with E-state index in [0.29, 0.717) is 17.9 Å². The fourth-order valence-corrected chi connectivity index (χ4v) is 2.13. The smallest absolute Gasteiger partial charge is 0.167 e. The van der Waals surface area contributed by atoms with E-state index in [-0.39, 0.29) is 12.5 Å². The Morgan fingerprint density at radius 1 is 1.06 bits per heavy atom. The molecule has 1 aromatic rings. The zero-order chi connectivity index (χ0) is 13.7. The summed E-state index contributed by atoms with van der Waals surface area (Å²) in [5.74, 6) is 2.38. The topological polar surface area (TPSA) is 47.9 Å². The molecule has 0 amide bonds. The second-order valence-electron chi connectivity index (χ2n) is 4.35. The van der Waals surface area contributed by atoms with Gasteiger partial charge in [-0.2, -0.15) is 0 Å². The molecule has 0 spiro atoms. The van der Waals surface area contributed by atoms with Gasteiger partial charge in [-0.25, -0.2) is 0 Å². The van der Waals surface area contributed by atoms with Gasteiger partial charge in [-0.15, -0.1) is 0 Å². The van der Waals surface area contributed by atoms with Gasteiger partial charge >= 0.3 is 0 Å². The lowest BCUT2D eigenvalue weighted by Crippen LogP contribution is -2.05. The lowest BCUT2D eigenvalue weighted by atomic mass is 9.96. The lowest BCUT2D eigenvalue weighted by molar-refractivity contribution is 0.294. The van der Waals surface area contributed by atoms with Gasteiger partial charge in [-0.1, -0.05) is 13.8 Å². The third kappa shape index (κ3) is 2.70. The molecule has 0 atom stereocenters. The molecule has 0 radical (unpaired) electrons. The highest BCUT2D eigenvalue weighted by Crippen LogP contribution is 2.44. The van der Waals surface area contributed by atoms with Crippen molar-refractivity contribution in [2.45, 2.75) is 26.2 Å². The predicted octanol–water partition coefficient (Wildman–Crippen LogP) is 2.37. The maximum atomic E-state index is 9.13. The van der Waals surface area contributed by atoms with Gasteiger partial charge in [0.15, 0.2) is 11.5 Å². The van der Waals surface area contributed by atoms with Crippen molar-refractivity contribution in [1.29, 1.82) is 0 Å². The van der Waals surface area contributed by atoms with E-state index in [1.807, 2.05) is 6.07 Å². The fourth-order valence-electron chi connectivity index (χ4n) is 2.13. The minimum atomic E-state index is 0.0728. The van der Waals surface area contributed by atoms with Crippen LogP contribution in [0.25, 0.3) is 0 Å². The van der Waals surface area contributed by atoms with Crippen LogP contribution < -0.4 is 14.2 Å². The number of hydrogen-bond donors (Lipinski definition) is 1. The van der Waals surface area contributed by atoms with E-state index in [2.05, 4.69) is 13.8 Å². The average Bonchev–Trinajstić information content (AvgIpc) is 2.37. The third-order valence-corrected chi connectivity index (χ3v) is 2.90. The standard InChI is InChI=1S/C14H22O4/c1-9(2)12-13(17-4)10(6-7-15)8-11(16-3)14(12)18-5/h8-9,15H,6-7H2,1-5H3. The van der Waals surface area contributed by atoms with Crippen LogP contribution in [0.3, 0.4) is 0 Å². The van der Waals surface area contributed by atoms with Crippen LogP contribution >= 0.6 is 0 Å². The number of aliphatic hydroxyl groups excluding tert-OH is 1. The molecule has 4 heteroatoms. The molecule has 0 heterocycles. The SMILES string of the molecule is COc1cc(CCO)c(OC)c(C(C)C)c1OC. The van der Waals surface area contributed by atoms with Gasteiger partial charge < -0.3 is 19.3 Å². The van der Waals surface area contributed by atoms with Gasteiger partial charge in [0.2, 0.25) is 0 Å². The first-order chi connectivity index (χ1) is 8.60. The average molecular weight is 254 g/mol. The van der Waals surface area contributed by atoms with Crippen LogP contribution in [-0.2, 0) is 6.42 Å². The summed E-state index contributed by atoms with van der Waals surface area (Å²) >= 11 is 0. The van der Waals surface area contributed by atoms with Crippen molar-refractivity contribution < 1.29 is 19.3 Å². The summed E-state index contributed by atoms with van der Waals surface area (Å²) in [5, 5.41) is 9.13. The minimum Gasteiger partial charge on any atom is -0.496 e. The van der Waals surface area contributed by atoms with Gasteiger partial charge in [0, 0.05) is 17.7 Å². The summed E-state index contributed by atoms with van der Waals surface area (Å²) in [5.41, 5.74) is 1.91. The van der Waals surface area contributed by atoms with Crippen molar-refractivity contribution in [2.75, 3.05) is 27.9 Å². The first kappa shape index (κ1) is 14.6. The number of ether oxygens (including phenoxy) is 3. The number of hydrogen-bond acceptors (Lipinski definition) is 4. The zero-order valence-corrected chi connectivity index (χ0v) is 11.7.